The van der Waals surface area contributed by atoms with Crippen molar-refractivity contribution in [3.8, 4) is 0 Å². The average Bonchev–Trinajstić information content (AvgIpc) is 3.32. The zero-order chi connectivity index (χ0) is 25.0. The van der Waals surface area contributed by atoms with E-state index in [4.69, 9.17) is 31.2 Å². The summed E-state index contributed by atoms with van der Waals surface area (Å²) in [6, 6.07) is 0. The zero-order valence-corrected chi connectivity index (χ0v) is 19.6. The van der Waals surface area contributed by atoms with E-state index in [0.29, 0.717) is 9.22 Å². The van der Waals surface area contributed by atoms with Crippen molar-refractivity contribution in [3.05, 3.63) is 36.9 Å². The summed E-state index contributed by atoms with van der Waals surface area (Å²) < 4.78 is 26.9. The molecule has 4 heterocycles. The lowest BCUT2D eigenvalue weighted by Gasteiger charge is -2.16. The molecule has 15 nitrogen and oxygen atoms in total. The van der Waals surface area contributed by atoms with Crippen molar-refractivity contribution in [2.75, 3.05) is 31.3 Å². The number of aromatic nitrogens is 6. The van der Waals surface area contributed by atoms with Crippen LogP contribution in [0, 0.1) is 3.57 Å². The second kappa shape index (κ2) is 11.1. The van der Waals surface area contributed by atoms with Gasteiger partial charge in [-0.2, -0.15) is 9.97 Å². The van der Waals surface area contributed by atoms with Gasteiger partial charge in [0.05, 0.1) is 29.7 Å². The van der Waals surface area contributed by atoms with Crippen LogP contribution in [0.25, 0.3) is 11.2 Å². The van der Waals surface area contributed by atoms with Gasteiger partial charge < -0.3 is 36.3 Å². The molecule has 0 aromatic carbocycles. The molecule has 0 aliphatic carbocycles. The number of hydrogen-bond donors (Lipinski definition) is 6. The van der Waals surface area contributed by atoms with Crippen molar-refractivity contribution in [2.45, 2.75) is 31.3 Å². The van der Waals surface area contributed by atoms with Gasteiger partial charge in [0.2, 0.25) is 5.95 Å². The lowest BCUT2D eigenvalue weighted by Crippen LogP contribution is -2.34. The summed E-state index contributed by atoms with van der Waals surface area (Å²) in [5, 5.41) is 26.9. The molecule has 3 aromatic heterocycles. The highest BCUT2D eigenvalue weighted by Gasteiger charge is 2.45. The van der Waals surface area contributed by atoms with Gasteiger partial charge in [-0.25, -0.2) is 14.2 Å². The Hall–Kier alpha value is -2.71. The summed E-state index contributed by atoms with van der Waals surface area (Å²) in [5.41, 5.74) is 10.3. The molecule has 1 fully saturated rings. The van der Waals surface area contributed by atoms with E-state index < -0.39 is 36.9 Å². The van der Waals surface area contributed by atoms with Crippen molar-refractivity contribution >= 4 is 45.5 Å². The number of anilines is 2. The molecule has 0 amide bonds. The van der Waals surface area contributed by atoms with Gasteiger partial charge in [-0.05, 0) is 22.6 Å². The van der Waals surface area contributed by atoms with E-state index in [9.17, 15) is 19.1 Å². The number of nitrogens with zero attached hydrogens (tertiary/aromatic N) is 5. The minimum Gasteiger partial charge on any atom is -0.394 e. The maximum absolute atomic E-state index is 13.8. The van der Waals surface area contributed by atoms with Gasteiger partial charge in [0, 0.05) is 6.20 Å². The number of fused-ring (bicyclic) bond motifs is 1. The number of alkyl halides is 1. The number of imidazole rings is 1. The molecule has 1 aliphatic heterocycles. The minimum atomic E-state index is -1.82. The molecule has 34 heavy (non-hydrogen) atoms. The van der Waals surface area contributed by atoms with E-state index in [0.717, 1.165) is 4.57 Å². The number of aliphatic hydroxyl groups excluding tert-OH is 3. The Morgan fingerprint density at radius 1 is 1.29 bits per heavy atom. The van der Waals surface area contributed by atoms with Gasteiger partial charge in [-0.15, -0.1) is 0 Å². The first-order chi connectivity index (χ1) is 16.2. The molecule has 0 radical (unpaired) electrons. The Balaban J connectivity index is 0.000000192. The smallest absolute Gasteiger partial charge is 0.351 e. The zero-order valence-electron chi connectivity index (χ0n) is 17.4. The number of halogens is 2. The summed E-state index contributed by atoms with van der Waals surface area (Å²) >= 11 is 1.84. The Bertz CT molecular complexity index is 1250. The van der Waals surface area contributed by atoms with E-state index in [1.165, 1.54) is 17.1 Å². The second-order valence-corrected chi connectivity index (χ2v) is 8.11. The molecular weight excluding hydrogens is 574 g/mol. The van der Waals surface area contributed by atoms with Crippen LogP contribution in [-0.4, -0.2) is 82.6 Å². The quantitative estimate of drug-likeness (QED) is 0.130. The maximum Gasteiger partial charge on any atom is 0.351 e. The summed E-state index contributed by atoms with van der Waals surface area (Å²) in [7, 11) is 0. The fraction of sp³-hybridized carbons (Fsp3) is 0.471. The molecule has 0 bridgehead atoms. The highest BCUT2D eigenvalue weighted by molar-refractivity contribution is 14.1. The molecule has 0 unspecified atom stereocenters. The third-order valence-corrected chi connectivity index (χ3v) is 5.47. The van der Waals surface area contributed by atoms with E-state index in [-0.39, 0.29) is 42.8 Å². The van der Waals surface area contributed by atoms with Crippen molar-refractivity contribution in [1.29, 1.82) is 0 Å². The van der Waals surface area contributed by atoms with Gasteiger partial charge in [-0.3, -0.25) is 18.9 Å². The van der Waals surface area contributed by atoms with E-state index in [2.05, 4.69) is 19.9 Å². The van der Waals surface area contributed by atoms with Crippen LogP contribution in [0.4, 0.5) is 16.2 Å². The Morgan fingerprint density at radius 2 is 2.03 bits per heavy atom. The van der Waals surface area contributed by atoms with Crippen molar-refractivity contribution in [3.63, 3.8) is 0 Å². The lowest BCUT2D eigenvalue weighted by atomic mass is 10.1. The van der Waals surface area contributed by atoms with Crippen molar-refractivity contribution in [2.24, 2.45) is 0 Å². The fourth-order valence-corrected chi connectivity index (χ4v) is 3.43. The number of H-pyrrole nitrogens is 1. The molecule has 0 spiro atoms. The first kappa shape index (κ1) is 25.9. The third-order valence-electron chi connectivity index (χ3n) is 4.64. The molecule has 186 valence electrons. The predicted octanol–water partition coefficient (Wildman–Crippen LogP) is -2.31. The molecule has 4 atom stereocenters. The molecule has 1 aliphatic rings. The maximum atomic E-state index is 13.8. The van der Waals surface area contributed by atoms with Crippen LogP contribution in [0.15, 0.2) is 22.1 Å². The van der Waals surface area contributed by atoms with Crippen LogP contribution >= 0.6 is 22.6 Å². The molecule has 0 saturated carbocycles. The SMILES string of the molecule is Nc1nc(=O)n([C@@H]2O[C@H](CO)[C@@H](O)[C@H]2F)cc1I.Nc1nc2c(ncn2COCCO)c(=O)[nH]1. The number of aliphatic hydroxyl groups is 3. The van der Waals surface area contributed by atoms with Gasteiger partial charge in [0.25, 0.3) is 5.56 Å². The summed E-state index contributed by atoms with van der Waals surface area (Å²) in [5.74, 6) is 0.0749. The van der Waals surface area contributed by atoms with Gasteiger partial charge in [0.1, 0.15) is 24.8 Å². The summed E-state index contributed by atoms with van der Waals surface area (Å²) in [6.45, 7) is -0.236. The Kier molecular flexibility index (Phi) is 8.49. The summed E-state index contributed by atoms with van der Waals surface area (Å²) in [6.07, 6.45) is -2.94. The van der Waals surface area contributed by atoms with Crippen LogP contribution in [0.1, 0.15) is 6.23 Å². The topological polar surface area (TPSA) is 230 Å². The Labute approximate surface area is 203 Å². The van der Waals surface area contributed by atoms with Crippen LogP contribution in [0.3, 0.4) is 0 Å². The number of hydrogen-bond acceptors (Lipinski definition) is 12. The largest absolute Gasteiger partial charge is 0.394 e. The van der Waals surface area contributed by atoms with E-state index in [1.807, 2.05) is 22.6 Å². The van der Waals surface area contributed by atoms with Crippen LogP contribution in [0.2, 0.25) is 0 Å². The van der Waals surface area contributed by atoms with Crippen LogP contribution in [-0.2, 0) is 16.2 Å². The molecule has 17 heteroatoms. The van der Waals surface area contributed by atoms with E-state index in [1.54, 1.807) is 0 Å². The number of ether oxygens (including phenoxy) is 2. The Morgan fingerprint density at radius 3 is 2.68 bits per heavy atom. The van der Waals surface area contributed by atoms with E-state index >= 15 is 0 Å². The number of aromatic amines is 1. The lowest BCUT2D eigenvalue weighted by molar-refractivity contribution is -0.0491. The number of rotatable bonds is 6. The van der Waals surface area contributed by atoms with Gasteiger partial charge in [-0.1, -0.05) is 0 Å². The molecule has 1 saturated heterocycles. The molecule has 3 aromatic rings. The molecule has 4 rings (SSSR count). The minimum absolute atomic E-state index is 0.0291. The van der Waals surface area contributed by atoms with Gasteiger partial charge in [0.15, 0.2) is 23.6 Å². The first-order valence-corrected chi connectivity index (χ1v) is 10.8. The monoisotopic (exact) mass is 596 g/mol. The number of nitrogen functional groups attached to an aromatic ring is 2. The van der Waals surface area contributed by atoms with Crippen LogP contribution < -0.4 is 22.7 Å². The van der Waals surface area contributed by atoms with Crippen LogP contribution in [0.5, 0.6) is 0 Å². The molecule has 8 N–H and O–H groups in total. The first-order valence-electron chi connectivity index (χ1n) is 9.69. The van der Waals surface area contributed by atoms with Crippen molar-refractivity contribution < 1.29 is 29.2 Å². The number of nitrogens with one attached hydrogen (secondary N) is 1. The highest BCUT2D eigenvalue weighted by atomic mass is 127. The number of nitrogens with two attached hydrogens (primary N) is 2. The predicted molar refractivity (Wildman–Crippen MR) is 123 cm³/mol. The fourth-order valence-electron chi connectivity index (χ4n) is 3.01. The van der Waals surface area contributed by atoms with Crippen molar-refractivity contribution in [1.82, 2.24) is 29.1 Å². The standard InChI is InChI=1S/C9H11FIN3O4.C8H11N5O3/c10-5-6(16)4(2-15)18-8(5)14-1-3(11)7(12)13-9(14)17;9-8-11-6-5(7(15)12-8)10-3-13(6)4-16-2-1-14/h1,4-6,8,15-16H,2H2,(H2,12,13,17);3,14H,1-2,4H2,(H3,9,11,12,15)/t4-,5-,6-,8-;/m1./s1. The second-order valence-electron chi connectivity index (χ2n) is 6.95. The third kappa shape index (κ3) is 5.50. The summed E-state index contributed by atoms with van der Waals surface area (Å²) in [4.78, 5) is 36.7. The average molecular weight is 596 g/mol. The normalized spacial score (nSPS) is 22.0. The van der Waals surface area contributed by atoms with Gasteiger partial charge >= 0.3 is 5.69 Å². The highest BCUT2D eigenvalue weighted by Crippen LogP contribution is 2.31. The molecular formula is C17H22FIN8O7.